The Balaban J connectivity index is 1.95. The monoisotopic (exact) mass is 450 g/mol. The zero-order valence-corrected chi connectivity index (χ0v) is 18.8. The van der Waals surface area contributed by atoms with Gasteiger partial charge in [-0.3, -0.25) is 14.4 Å². The summed E-state index contributed by atoms with van der Waals surface area (Å²) in [5.41, 5.74) is -0.584. The average Bonchev–Trinajstić information content (AvgIpc) is 3.18. The first kappa shape index (κ1) is 22.5. The van der Waals surface area contributed by atoms with Crippen molar-refractivity contribution in [2.24, 2.45) is 0 Å². The molecule has 4 rings (SSSR count). The lowest BCUT2D eigenvalue weighted by atomic mass is 9.82. The molecule has 1 unspecified atom stereocenters. The molecule has 8 nitrogen and oxygen atoms in total. The molecule has 8 heteroatoms. The van der Waals surface area contributed by atoms with Crippen LogP contribution in [-0.2, 0) is 24.7 Å². The number of carbonyl (C=O) groups is 3. The van der Waals surface area contributed by atoms with Crippen LogP contribution in [0, 0.1) is 0 Å². The van der Waals surface area contributed by atoms with Crippen molar-refractivity contribution in [1.29, 1.82) is 0 Å². The number of Topliss-reactive ketones (excluding diaryl/α,β-unsaturated/α-hetero) is 1. The normalized spacial score (nSPS) is 21.2. The van der Waals surface area contributed by atoms with Gasteiger partial charge >= 0.3 is 0 Å². The van der Waals surface area contributed by atoms with Crippen LogP contribution in [0.1, 0.15) is 24.5 Å². The second-order valence-corrected chi connectivity index (χ2v) is 7.90. The number of methoxy groups -OCH3 is 1. The van der Waals surface area contributed by atoms with Gasteiger partial charge in [-0.2, -0.15) is 0 Å². The van der Waals surface area contributed by atoms with E-state index < -0.39 is 28.9 Å². The molecule has 0 aromatic heterocycles. The summed E-state index contributed by atoms with van der Waals surface area (Å²) in [6, 6.07) is 13.5. The predicted molar refractivity (Wildman–Crippen MR) is 122 cm³/mol. The Morgan fingerprint density at radius 2 is 1.76 bits per heavy atom. The van der Waals surface area contributed by atoms with Crippen molar-refractivity contribution in [2.75, 3.05) is 38.8 Å². The number of hydrogen-bond acceptors (Lipinski definition) is 6. The third kappa shape index (κ3) is 3.29. The van der Waals surface area contributed by atoms with E-state index in [4.69, 9.17) is 9.47 Å². The number of aliphatic hydroxyl groups excluding tert-OH is 1. The van der Waals surface area contributed by atoms with Crippen LogP contribution >= 0.6 is 0 Å². The van der Waals surface area contributed by atoms with Gasteiger partial charge in [-0.1, -0.05) is 18.2 Å². The second kappa shape index (κ2) is 8.71. The van der Waals surface area contributed by atoms with Crippen LogP contribution in [0.3, 0.4) is 0 Å². The number of hydrogen-bond donors (Lipinski definition) is 1. The molecule has 2 aromatic carbocycles. The number of amides is 2. The number of benzene rings is 2. The van der Waals surface area contributed by atoms with Crippen molar-refractivity contribution in [2.45, 2.75) is 18.9 Å². The first-order valence-electron chi connectivity index (χ1n) is 10.8. The van der Waals surface area contributed by atoms with Crippen molar-refractivity contribution < 1.29 is 29.0 Å². The smallest absolute Gasteiger partial charge is 0.296 e. The molecule has 2 aliphatic rings. The Hall–Kier alpha value is -3.65. The van der Waals surface area contributed by atoms with Gasteiger partial charge in [0.2, 0.25) is 0 Å². The Morgan fingerprint density at radius 1 is 1.06 bits per heavy atom. The molecule has 1 saturated heterocycles. The lowest BCUT2D eigenvalue weighted by molar-refractivity contribution is -0.143. The number of fused-ring (bicyclic) bond motifs is 2. The SMILES string of the molecule is CCOc1ccc(/C(O)=C2/C(=O)C(=O)N(CCCOC)C23C(=O)N(C)c2ccccc23)cc1. The number of carbonyl (C=O) groups excluding carboxylic acids is 3. The van der Waals surface area contributed by atoms with Crippen LogP contribution in [-0.4, -0.2) is 61.5 Å². The summed E-state index contributed by atoms with van der Waals surface area (Å²) >= 11 is 0. The molecule has 1 fully saturated rings. The maximum absolute atomic E-state index is 13.8. The topological polar surface area (TPSA) is 96.4 Å². The van der Waals surface area contributed by atoms with Gasteiger partial charge < -0.3 is 24.4 Å². The van der Waals surface area contributed by atoms with Crippen molar-refractivity contribution >= 4 is 29.0 Å². The van der Waals surface area contributed by atoms with Gasteiger partial charge in [0.25, 0.3) is 17.6 Å². The molecule has 1 spiro atoms. The molecule has 0 saturated carbocycles. The maximum atomic E-state index is 13.8. The molecule has 1 N–H and O–H groups in total. The number of nitrogens with zero attached hydrogens (tertiary/aromatic N) is 2. The molecular weight excluding hydrogens is 424 g/mol. The lowest BCUT2D eigenvalue weighted by Gasteiger charge is -2.34. The number of ether oxygens (including phenoxy) is 2. The van der Waals surface area contributed by atoms with E-state index in [1.165, 1.54) is 9.80 Å². The number of ketones is 1. The fraction of sp³-hybridized carbons (Fsp3) is 0.320. The predicted octanol–water partition coefficient (Wildman–Crippen LogP) is 2.67. The van der Waals surface area contributed by atoms with E-state index >= 15 is 0 Å². The van der Waals surface area contributed by atoms with Gasteiger partial charge in [-0.25, -0.2) is 0 Å². The Morgan fingerprint density at radius 3 is 2.42 bits per heavy atom. The summed E-state index contributed by atoms with van der Waals surface area (Å²) < 4.78 is 10.6. The van der Waals surface area contributed by atoms with Crippen molar-refractivity contribution in [3.63, 3.8) is 0 Å². The first-order chi connectivity index (χ1) is 15.9. The van der Waals surface area contributed by atoms with Gasteiger partial charge in [0.05, 0.1) is 12.2 Å². The van der Waals surface area contributed by atoms with Gasteiger partial charge in [-0.15, -0.1) is 0 Å². The molecule has 2 amide bonds. The summed E-state index contributed by atoms with van der Waals surface area (Å²) in [5, 5.41) is 11.3. The fourth-order valence-electron chi connectivity index (χ4n) is 4.66. The summed E-state index contributed by atoms with van der Waals surface area (Å²) in [6.45, 7) is 2.81. The number of rotatable bonds is 7. The highest BCUT2D eigenvalue weighted by atomic mass is 16.5. The summed E-state index contributed by atoms with van der Waals surface area (Å²) in [7, 11) is 3.14. The number of para-hydroxylation sites is 1. The van der Waals surface area contributed by atoms with Gasteiger partial charge in [0.1, 0.15) is 11.5 Å². The Labute approximate surface area is 192 Å². The van der Waals surface area contributed by atoms with Gasteiger partial charge in [0.15, 0.2) is 5.54 Å². The molecule has 0 radical (unpaired) electrons. The Kier molecular flexibility index (Phi) is 5.95. The van der Waals surface area contributed by atoms with Crippen LogP contribution in [0.15, 0.2) is 54.1 Å². The van der Waals surface area contributed by atoms with Crippen LogP contribution in [0.4, 0.5) is 5.69 Å². The number of anilines is 1. The van der Waals surface area contributed by atoms with Crippen molar-refractivity contribution in [1.82, 2.24) is 4.90 Å². The van der Waals surface area contributed by atoms with E-state index in [0.29, 0.717) is 42.2 Å². The zero-order valence-electron chi connectivity index (χ0n) is 18.8. The maximum Gasteiger partial charge on any atom is 0.296 e. The van der Waals surface area contributed by atoms with E-state index in [-0.39, 0.29) is 12.1 Å². The fourth-order valence-corrected chi connectivity index (χ4v) is 4.66. The van der Waals surface area contributed by atoms with Crippen LogP contribution in [0.25, 0.3) is 5.76 Å². The number of likely N-dealkylation sites (tertiary alicyclic amines) is 1. The molecule has 2 heterocycles. The molecule has 2 aliphatic heterocycles. The van der Waals surface area contributed by atoms with Crippen molar-refractivity contribution in [3.05, 3.63) is 65.2 Å². The molecule has 33 heavy (non-hydrogen) atoms. The minimum absolute atomic E-state index is 0.117. The summed E-state index contributed by atoms with van der Waals surface area (Å²) in [5.74, 6) is -1.98. The standard InChI is InChI=1S/C25H26N2O6/c1-4-33-17-12-10-16(11-13-17)21(28)20-22(29)23(30)27(14-7-15-32-3)25(20)18-8-5-6-9-19(18)26(2)24(25)31/h5-6,8-13,28H,4,7,14-15H2,1-3H3/b21-20+. The van der Waals surface area contributed by atoms with E-state index in [2.05, 4.69) is 0 Å². The minimum Gasteiger partial charge on any atom is -0.507 e. The molecule has 0 aliphatic carbocycles. The molecular formula is C25H26N2O6. The highest BCUT2D eigenvalue weighted by Gasteiger charge is 2.66. The largest absolute Gasteiger partial charge is 0.507 e. The quantitative estimate of drug-likeness (QED) is 0.302. The van der Waals surface area contributed by atoms with Gasteiger partial charge in [-0.05, 0) is 43.7 Å². The number of likely N-dealkylation sites (N-methyl/N-ethyl adjacent to an activating group) is 1. The highest BCUT2D eigenvalue weighted by molar-refractivity contribution is 6.50. The van der Waals surface area contributed by atoms with Crippen LogP contribution < -0.4 is 9.64 Å². The third-order valence-corrected chi connectivity index (χ3v) is 6.11. The molecule has 0 bridgehead atoms. The van der Waals surface area contributed by atoms with Crippen LogP contribution in [0.2, 0.25) is 0 Å². The Bertz CT molecular complexity index is 1140. The van der Waals surface area contributed by atoms with Gasteiger partial charge in [0, 0.05) is 44.1 Å². The average molecular weight is 450 g/mol. The summed E-state index contributed by atoms with van der Waals surface area (Å²) in [6.07, 6.45) is 0.424. The lowest BCUT2D eigenvalue weighted by Crippen LogP contribution is -2.51. The third-order valence-electron chi connectivity index (χ3n) is 6.11. The highest BCUT2D eigenvalue weighted by Crippen LogP contribution is 2.53. The van der Waals surface area contributed by atoms with E-state index in [1.54, 1.807) is 62.7 Å². The van der Waals surface area contributed by atoms with E-state index in [9.17, 15) is 19.5 Å². The first-order valence-corrected chi connectivity index (χ1v) is 10.8. The molecule has 1 atom stereocenters. The molecule has 172 valence electrons. The zero-order chi connectivity index (χ0) is 23.8. The van der Waals surface area contributed by atoms with E-state index in [1.807, 2.05) is 6.92 Å². The number of aliphatic hydroxyl groups is 1. The molecule has 2 aromatic rings. The second-order valence-electron chi connectivity index (χ2n) is 7.90. The van der Waals surface area contributed by atoms with Crippen LogP contribution in [0.5, 0.6) is 5.75 Å². The van der Waals surface area contributed by atoms with Crippen molar-refractivity contribution in [3.8, 4) is 5.75 Å². The summed E-state index contributed by atoms with van der Waals surface area (Å²) in [4.78, 5) is 43.0. The van der Waals surface area contributed by atoms with E-state index in [0.717, 1.165) is 0 Å². The minimum atomic E-state index is -1.74.